The fourth-order valence-corrected chi connectivity index (χ4v) is 2.60. The van der Waals surface area contributed by atoms with Gasteiger partial charge in [-0.2, -0.15) is 5.26 Å². The van der Waals surface area contributed by atoms with Gasteiger partial charge in [-0.05, 0) is 24.1 Å². The maximum Gasteiger partial charge on any atom is 0.113 e. The van der Waals surface area contributed by atoms with Crippen LogP contribution in [0.5, 0.6) is 0 Å². The van der Waals surface area contributed by atoms with Gasteiger partial charge in [-0.25, -0.2) is 0 Å². The molecule has 0 radical (unpaired) electrons. The van der Waals surface area contributed by atoms with Crippen LogP contribution in [0, 0.1) is 16.7 Å². The summed E-state index contributed by atoms with van der Waals surface area (Å²) in [6, 6.07) is 11.7. The minimum atomic E-state index is -0.854. The van der Waals surface area contributed by atoms with Crippen LogP contribution >= 0.6 is 0 Å². The maximum atomic E-state index is 10.6. The predicted molar refractivity (Wildman–Crippen MR) is 70.2 cm³/mol. The van der Waals surface area contributed by atoms with Crippen molar-refractivity contribution < 1.29 is 9.84 Å². The molecule has 2 heterocycles. The largest absolute Gasteiger partial charge is 0.387 e. The van der Waals surface area contributed by atoms with Gasteiger partial charge in [0.15, 0.2) is 0 Å². The number of aliphatic hydroxyl groups is 1. The number of hydrogen-bond donors (Lipinski definition) is 1. The van der Waals surface area contributed by atoms with E-state index in [0.717, 1.165) is 16.5 Å². The fraction of sp³-hybridized carbons (Fsp3) is 0.333. The van der Waals surface area contributed by atoms with E-state index in [2.05, 4.69) is 11.1 Å². The number of nitrogens with zero attached hydrogens (tertiary/aromatic N) is 2. The Balaban J connectivity index is 2.12. The molecule has 2 atom stereocenters. The van der Waals surface area contributed by atoms with Gasteiger partial charge < -0.3 is 9.84 Å². The Kier molecular flexibility index (Phi) is 2.94. The second kappa shape index (κ2) is 4.61. The first-order chi connectivity index (χ1) is 9.27. The zero-order valence-electron chi connectivity index (χ0n) is 10.4. The maximum absolute atomic E-state index is 10.6. The molecule has 1 aliphatic heterocycles. The molecule has 2 unspecified atom stereocenters. The van der Waals surface area contributed by atoms with Gasteiger partial charge >= 0.3 is 0 Å². The minimum Gasteiger partial charge on any atom is -0.387 e. The van der Waals surface area contributed by atoms with E-state index >= 15 is 0 Å². The number of hydrogen-bond acceptors (Lipinski definition) is 4. The molecule has 4 heteroatoms. The van der Waals surface area contributed by atoms with Crippen molar-refractivity contribution in [3.05, 3.63) is 42.1 Å². The van der Waals surface area contributed by atoms with Crippen molar-refractivity contribution in [3.63, 3.8) is 0 Å². The van der Waals surface area contributed by atoms with E-state index < -0.39 is 11.5 Å². The third kappa shape index (κ3) is 1.88. The van der Waals surface area contributed by atoms with Crippen LogP contribution in [0.3, 0.4) is 0 Å². The second-order valence-electron chi connectivity index (χ2n) is 4.89. The van der Waals surface area contributed by atoms with Crippen molar-refractivity contribution >= 4 is 10.9 Å². The molecule has 0 spiro atoms. The van der Waals surface area contributed by atoms with Crippen molar-refractivity contribution in [3.8, 4) is 6.07 Å². The summed E-state index contributed by atoms with van der Waals surface area (Å²) in [7, 11) is 0. The summed E-state index contributed by atoms with van der Waals surface area (Å²) in [5.74, 6) is 0. The molecule has 1 saturated heterocycles. The predicted octanol–water partition coefficient (Wildman–Crippen LogP) is 2.20. The van der Waals surface area contributed by atoms with E-state index in [4.69, 9.17) is 4.74 Å². The van der Waals surface area contributed by atoms with Crippen LogP contribution in [0.1, 0.15) is 18.1 Å². The number of aliphatic hydroxyl groups excluding tert-OH is 1. The lowest BCUT2D eigenvalue weighted by molar-refractivity contribution is 0.0514. The molecular formula is C15H14N2O2. The normalized spacial score (nSPS) is 24.2. The van der Waals surface area contributed by atoms with Gasteiger partial charge in [0.1, 0.15) is 11.5 Å². The fourth-order valence-electron chi connectivity index (χ4n) is 2.60. The standard InChI is InChI=1S/C15H14N2O2/c16-9-15(6-8-19-10-15)14(18)12-5-7-17-13-4-2-1-3-11(12)13/h1-5,7,14,18H,6,8,10H2. The number of fused-ring (bicyclic) bond motifs is 1. The van der Waals surface area contributed by atoms with Gasteiger partial charge in [-0.15, -0.1) is 0 Å². The van der Waals surface area contributed by atoms with Crippen LogP contribution in [0.25, 0.3) is 10.9 Å². The van der Waals surface area contributed by atoms with Gasteiger partial charge in [0.25, 0.3) is 0 Å². The molecule has 0 amide bonds. The Morgan fingerprint density at radius 1 is 1.37 bits per heavy atom. The third-order valence-electron chi connectivity index (χ3n) is 3.78. The zero-order chi connectivity index (χ0) is 13.3. The second-order valence-corrected chi connectivity index (χ2v) is 4.89. The smallest absolute Gasteiger partial charge is 0.113 e. The van der Waals surface area contributed by atoms with Crippen LogP contribution in [-0.2, 0) is 4.74 Å². The zero-order valence-corrected chi connectivity index (χ0v) is 10.4. The molecule has 1 aromatic heterocycles. The number of nitriles is 1. The lowest BCUT2D eigenvalue weighted by Gasteiger charge is -2.26. The van der Waals surface area contributed by atoms with E-state index in [1.54, 1.807) is 12.3 Å². The number of aromatic nitrogens is 1. The Labute approximate surface area is 111 Å². The van der Waals surface area contributed by atoms with E-state index in [9.17, 15) is 10.4 Å². The van der Waals surface area contributed by atoms with Gasteiger partial charge in [0.05, 0.1) is 18.2 Å². The van der Waals surface area contributed by atoms with Gasteiger partial charge in [0.2, 0.25) is 0 Å². The SMILES string of the molecule is N#CC1(C(O)c2ccnc3ccccc23)CCOC1. The molecule has 0 aliphatic carbocycles. The first-order valence-corrected chi connectivity index (χ1v) is 6.27. The summed E-state index contributed by atoms with van der Waals surface area (Å²) in [5.41, 5.74) is 0.730. The highest BCUT2D eigenvalue weighted by atomic mass is 16.5. The molecule has 19 heavy (non-hydrogen) atoms. The molecule has 0 bridgehead atoms. The lowest BCUT2D eigenvalue weighted by Crippen LogP contribution is -2.28. The highest BCUT2D eigenvalue weighted by molar-refractivity contribution is 5.82. The summed E-state index contributed by atoms with van der Waals surface area (Å²) in [5, 5.41) is 20.9. The summed E-state index contributed by atoms with van der Waals surface area (Å²) < 4.78 is 5.31. The van der Waals surface area contributed by atoms with Crippen LogP contribution in [0.4, 0.5) is 0 Å². The highest BCUT2D eigenvalue weighted by Gasteiger charge is 2.43. The van der Waals surface area contributed by atoms with Gasteiger partial charge in [-0.1, -0.05) is 18.2 Å². The quantitative estimate of drug-likeness (QED) is 0.892. The van der Waals surface area contributed by atoms with E-state index in [-0.39, 0.29) is 6.61 Å². The first kappa shape index (κ1) is 12.1. The van der Waals surface area contributed by atoms with Crippen LogP contribution < -0.4 is 0 Å². The van der Waals surface area contributed by atoms with Crippen molar-refractivity contribution in [2.45, 2.75) is 12.5 Å². The molecule has 0 saturated carbocycles. The monoisotopic (exact) mass is 254 g/mol. The molecule has 1 fully saturated rings. The number of rotatable bonds is 2. The van der Waals surface area contributed by atoms with E-state index in [1.807, 2.05) is 24.3 Å². The first-order valence-electron chi connectivity index (χ1n) is 6.27. The average Bonchev–Trinajstić information content (AvgIpc) is 2.96. The number of pyridine rings is 1. The molecule has 3 rings (SSSR count). The van der Waals surface area contributed by atoms with Crippen molar-refractivity contribution in [1.29, 1.82) is 5.26 Å². The van der Waals surface area contributed by atoms with Crippen LogP contribution in [0.2, 0.25) is 0 Å². The average molecular weight is 254 g/mol. The van der Waals surface area contributed by atoms with E-state index in [1.165, 1.54) is 0 Å². The Morgan fingerprint density at radius 3 is 2.95 bits per heavy atom. The summed E-state index contributed by atoms with van der Waals surface area (Å²) >= 11 is 0. The molecule has 4 nitrogen and oxygen atoms in total. The lowest BCUT2D eigenvalue weighted by atomic mass is 9.79. The molecule has 1 aromatic carbocycles. The van der Waals surface area contributed by atoms with Gasteiger partial charge in [-0.3, -0.25) is 4.98 Å². The molecule has 96 valence electrons. The molecular weight excluding hydrogens is 240 g/mol. The summed E-state index contributed by atoms with van der Waals surface area (Å²) in [6.45, 7) is 0.801. The van der Waals surface area contributed by atoms with Crippen LogP contribution in [0.15, 0.2) is 36.5 Å². The molecule has 2 aromatic rings. The summed E-state index contributed by atoms with van der Waals surface area (Å²) in [6.07, 6.45) is 1.37. The Bertz CT molecular complexity index is 637. The van der Waals surface area contributed by atoms with Crippen molar-refractivity contribution in [1.82, 2.24) is 4.98 Å². The van der Waals surface area contributed by atoms with Crippen molar-refractivity contribution in [2.24, 2.45) is 5.41 Å². The molecule has 1 N–H and O–H groups in total. The van der Waals surface area contributed by atoms with E-state index in [0.29, 0.717) is 13.0 Å². The number of benzene rings is 1. The minimum absolute atomic E-state index is 0.279. The van der Waals surface area contributed by atoms with Gasteiger partial charge in [0, 0.05) is 18.2 Å². The third-order valence-corrected chi connectivity index (χ3v) is 3.78. The topological polar surface area (TPSA) is 66.1 Å². The van der Waals surface area contributed by atoms with Crippen molar-refractivity contribution in [2.75, 3.05) is 13.2 Å². The Hall–Kier alpha value is -1.96. The Morgan fingerprint density at radius 2 is 2.21 bits per heavy atom. The number of para-hydroxylation sites is 1. The number of ether oxygens (including phenoxy) is 1. The van der Waals surface area contributed by atoms with Crippen LogP contribution in [-0.4, -0.2) is 23.3 Å². The highest BCUT2D eigenvalue weighted by Crippen LogP contribution is 2.42. The molecule has 1 aliphatic rings. The summed E-state index contributed by atoms with van der Waals surface area (Å²) in [4.78, 5) is 4.27.